The van der Waals surface area contributed by atoms with Gasteiger partial charge in [0.05, 0.1) is 7.11 Å². The first kappa shape index (κ1) is 18.7. The van der Waals surface area contributed by atoms with Crippen molar-refractivity contribution in [3.63, 3.8) is 0 Å². The quantitative estimate of drug-likeness (QED) is 0.765. The van der Waals surface area contributed by atoms with Gasteiger partial charge in [0, 0.05) is 17.7 Å². The van der Waals surface area contributed by atoms with Gasteiger partial charge >= 0.3 is 12.1 Å². The summed E-state index contributed by atoms with van der Waals surface area (Å²) in [5.74, 6) is -3.99. The Hall–Kier alpha value is -2.06. The second-order valence-corrected chi connectivity index (χ2v) is 7.08. The molecule has 0 bridgehead atoms. The lowest BCUT2D eigenvalue weighted by Crippen LogP contribution is -2.67. The summed E-state index contributed by atoms with van der Waals surface area (Å²) in [6, 6.07) is -0.413. The smallest absolute Gasteiger partial charge is 0.425 e. The Bertz CT molecular complexity index is 678. The largest absolute Gasteiger partial charge is 0.466 e. The Balaban J connectivity index is 2.13. The van der Waals surface area contributed by atoms with Gasteiger partial charge in [0.15, 0.2) is 0 Å². The summed E-state index contributed by atoms with van der Waals surface area (Å²) in [5, 5.41) is 1.88. The van der Waals surface area contributed by atoms with Crippen molar-refractivity contribution in [2.45, 2.75) is 63.2 Å². The molecular weight excluding hydrogens is 353 g/mol. The summed E-state index contributed by atoms with van der Waals surface area (Å²) >= 11 is 0. The van der Waals surface area contributed by atoms with Gasteiger partial charge in [-0.05, 0) is 32.6 Å². The number of hydrogen-bond donors (Lipinski definition) is 1. The fourth-order valence-electron chi connectivity index (χ4n) is 3.92. The number of amides is 2. The lowest BCUT2D eigenvalue weighted by atomic mass is 9.88. The summed E-state index contributed by atoms with van der Waals surface area (Å²) in [5.41, 5.74) is -4.31. The summed E-state index contributed by atoms with van der Waals surface area (Å²) < 4.78 is 47.1. The van der Waals surface area contributed by atoms with E-state index in [4.69, 9.17) is 0 Å². The van der Waals surface area contributed by atoms with Crippen LogP contribution < -0.4 is 5.32 Å². The number of esters is 1. The number of carbonyl (C=O) groups excluding carboxylic acids is 3. The molecule has 2 fully saturated rings. The average molecular weight is 374 g/mol. The van der Waals surface area contributed by atoms with Crippen LogP contribution in [-0.2, 0) is 19.1 Å². The summed E-state index contributed by atoms with van der Waals surface area (Å²) in [7, 11) is 0.954. The summed E-state index contributed by atoms with van der Waals surface area (Å²) in [4.78, 5) is 38.5. The Kier molecular flexibility index (Phi) is 4.52. The lowest BCUT2D eigenvalue weighted by molar-refractivity contribution is -0.196. The monoisotopic (exact) mass is 374 g/mol. The number of halogens is 3. The van der Waals surface area contributed by atoms with Crippen molar-refractivity contribution in [1.82, 2.24) is 10.2 Å². The molecule has 144 valence electrons. The first-order valence-electron chi connectivity index (χ1n) is 8.67. The number of hydrogen-bond acceptors (Lipinski definition) is 4. The highest BCUT2D eigenvalue weighted by molar-refractivity contribution is 6.10. The molecule has 1 atom stereocenters. The van der Waals surface area contributed by atoms with Crippen LogP contribution in [0.15, 0.2) is 11.3 Å². The van der Waals surface area contributed by atoms with E-state index < -0.39 is 47.0 Å². The minimum absolute atomic E-state index is 0.0952. The number of alkyl halides is 3. The van der Waals surface area contributed by atoms with Gasteiger partial charge in [-0.1, -0.05) is 12.8 Å². The third-order valence-electron chi connectivity index (χ3n) is 5.40. The van der Waals surface area contributed by atoms with E-state index in [1.54, 1.807) is 0 Å². The molecular formula is C17H21F3N2O4. The van der Waals surface area contributed by atoms with E-state index in [0.717, 1.165) is 24.9 Å². The first-order chi connectivity index (χ1) is 12.1. The van der Waals surface area contributed by atoms with Crippen molar-refractivity contribution in [2.75, 3.05) is 7.11 Å². The second kappa shape index (κ2) is 6.28. The Morgan fingerprint density at radius 1 is 1.19 bits per heavy atom. The zero-order valence-corrected chi connectivity index (χ0v) is 14.6. The molecule has 0 aromatic rings. The van der Waals surface area contributed by atoms with E-state index in [0.29, 0.717) is 25.7 Å². The van der Waals surface area contributed by atoms with E-state index in [-0.39, 0.29) is 5.70 Å². The van der Waals surface area contributed by atoms with Gasteiger partial charge in [-0.15, -0.1) is 0 Å². The fraction of sp³-hybridized carbons (Fsp3) is 0.706. The predicted molar refractivity (Wildman–Crippen MR) is 83.5 cm³/mol. The van der Waals surface area contributed by atoms with Crippen LogP contribution in [-0.4, -0.2) is 47.6 Å². The lowest BCUT2D eigenvalue weighted by Gasteiger charge is -2.34. The molecule has 26 heavy (non-hydrogen) atoms. The molecule has 3 aliphatic rings. The van der Waals surface area contributed by atoms with Gasteiger partial charge in [0.2, 0.25) is 11.4 Å². The predicted octanol–water partition coefficient (Wildman–Crippen LogP) is 2.05. The summed E-state index contributed by atoms with van der Waals surface area (Å²) in [6.45, 7) is 1.30. The van der Waals surface area contributed by atoms with Gasteiger partial charge in [0.25, 0.3) is 5.91 Å². The molecule has 2 amide bonds. The van der Waals surface area contributed by atoms with Crippen molar-refractivity contribution in [1.29, 1.82) is 0 Å². The van der Waals surface area contributed by atoms with Gasteiger partial charge in [-0.2, -0.15) is 13.2 Å². The normalized spacial score (nSPS) is 27.3. The molecule has 1 aliphatic heterocycles. The average Bonchev–Trinajstić information content (AvgIpc) is 3.24. The van der Waals surface area contributed by atoms with E-state index in [2.05, 4.69) is 4.74 Å². The number of rotatable bonds is 4. The maximum Gasteiger partial charge on any atom is 0.425 e. The summed E-state index contributed by atoms with van der Waals surface area (Å²) in [6.07, 6.45) is -1.53. The molecule has 0 aromatic heterocycles. The first-order valence-corrected chi connectivity index (χ1v) is 8.67. The Morgan fingerprint density at radius 3 is 2.23 bits per heavy atom. The molecule has 0 aromatic carbocycles. The van der Waals surface area contributed by atoms with Crippen molar-refractivity contribution in [2.24, 2.45) is 5.92 Å². The minimum Gasteiger partial charge on any atom is -0.466 e. The number of nitrogens with one attached hydrogen (secondary N) is 1. The van der Waals surface area contributed by atoms with Crippen LogP contribution in [0.2, 0.25) is 0 Å². The standard InChI is InChI=1S/C17H21F3N2O4/c1-9-12(14(24)26-2)16(17(18,19)20,21-13(23)10-7-8-10)15(25)22(9)11-5-3-4-6-11/h10-11H,3-8H2,1-2H3,(H,21,23)/t16-/m1/s1. The van der Waals surface area contributed by atoms with Crippen molar-refractivity contribution >= 4 is 17.8 Å². The van der Waals surface area contributed by atoms with Gasteiger partial charge in [-0.25, -0.2) is 4.79 Å². The van der Waals surface area contributed by atoms with Crippen LogP contribution in [0.5, 0.6) is 0 Å². The molecule has 1 heterocycles. The number of methoxy groups -OCH3 is 1. The number of nitrogens with zero attached hydrogens (tertiary/aromatic N) is 1. The molecule has 3 rings (SSSR count). The Labute approximate surface area is 148 Å². The molecule has 1 N–H and O–H groups in total. The molecule has 9 heteroatoms. The van der Waals surface area contributed by atoms with Crippen molar-refractivity contribution in [3.05, 3.63) is 11.3 Å². The maximum atomic E-state index is 14.2. The number of allylic oxidation sites excluding steroid dienone is 1. The molecule has 0 saturated heterocycles. The molecule has 2 saturated carbocycles. The van der Waals surface area contributed by atoms with Crippen LogP contribution in [0.4, 0.5) is 13.2 Å². The van der Waals surface area contributed by atoms with Crippen LogP contribution in [0.25, 0.3) is 0 Å². The van der Waals surface area contributed by atoms with E-state index in [1.807, 2.05) is 5.32 Å². The zero-order chi connectivity index (χ0) is 19.3. The number of ether oxygens (including phenoxy) is 1. The fourth-order valence-corrected chi connectivity index (χ4v) is 3.92. The zero-order valence-electron chi connectivity index (χ0n) is 14.6. The van der Waals surface area contributed by atoms with Crippen LogP contribution in [0, 0.1) is 5.92 Å². The minimum atomic E-state index is -5.17. The van der Waals surface area contributed by atoms with Gasteiger partial charge in [-0.3, -0.25) is 9.59 Å². The highest BCUT2D eigenvalue weighted by Gasteiger charge is 2.71. The van der Waals surface area contributed by atoms with Crippen molar-refractivity contribution < 1.29 is 32.3 Å². The van der Waals surface area contributed by atoms with Crippen LogP contribution >= 0.6 is 0 Å². The molecule has 0 spiro atoms. The molecule has 6 nitrogen and oxygen atoms in total. The SMILES string of the molecule is COC(=O)C1=C(C)N(C2CCCC2)C(=O)[C@@]1(NC(=O)C1CC1)C(F)(F)F. The van der Waals surface area contributed by atoms with E-state index in [9.17, 15) is 27.6 Å². The van der Waals surface area contributed by atoms with Gasteiger partial charge in [0.1, 0.15) is 5.57 Å². The highest BCUT2D eigenvalue weighted by Crippen LogP contribution is 2.47. The van der Waals surface area contributed by atoms with Crippen LogP contribution in [0.3, 0.4) is 0 Å². The van der Waals surface area contributed by atoms with E-state index >= 15 is 0 Å². The molecule has 0 unspecified atom stereocenters. The van der Waals surface area contributed by atoms with Crippen molar-refractivity contribution in [3.8, 4) is 0 Å². The van der Waals surface area contributed by atoms with Gasteiger partial charge < -0.3 is 15.0 Å². The maximum absolute atomic E-state index is 14.2. The highest BCUT2D eigenvalue weighted by atomic mass is 19.4. The Morgan fingerprint density at radius 2 is 1.77 bits per heavy atom. The van der Waals surface area contributed by atoms with Crippen LogP contribution in [0.1, 0.15) is 45.4 Å². The second-order valence-electron chi connectivity index (χ2n) is 7.08. The molecule has 0 radical (unpaired) electrons. The third-order valence-corrected chi connectivity index (χ3v) is 5.40. The third kappa shape index (κ3) is 2.68. The molecule has 2 aliphatic carbocycles. The number of carbonyl (C=O) groups is 3. The van der Waals surface area contributed by atoms with E-state index in [1.165, 1.54) is 6.92 Å². The topological polar surface area (TPSA) is 75.7 Å².